The van der Waals surface area contributed by atoms with Crippen LogP contribution in [-0.4, -0.2) is 47.6 Å². The molecular formula is C14H18O6. The highest BCUT2D eigenvalue weighted by molar-refractivity contribution is 5.89. The van der Waals surface area contributed by atoms with Gasteiger partial charge in [0.1, 0.15) is 5.41 Å². The van der Waals surface area contributed by atoms with Crippen molar-refractivity contribution in [1.29, 1.82) is 0 Å². The Bertz CT molecular complexity index is 464. The normalized spacial score (nSPS) is 42.2. The van der Waals surface area contributed by atoms with Gasteiger partial charge in [0, 0.05) is 0 Å². The number of ether oxygens (including phenoxy) is 2. The van der Waals surface area contributed by atoms with Crippen LogP contribution in [-0.2, 0) is 19.1 Å². The standard InChI is InChI=1S/C14H18O6/c15-11(16)13(5-9-7-19-9)3-1-2-4-14(13,12(17)18)6-10-8-20-10/h1,3,9-10H,2,4-8H2,(H,15,16)(H,17,18). The van der Waals surface area contributed by atoms with E-state index in [-0.39, 0.29) is 25.0 Å². The lowest BCUT2D eigenvalue weighted by atomic mass is 9.55. The fourth-order valence-electron chi connectivity index (χ4n) is 3.41. The molecule has 0 saturated carbocycles. The lowest BCUT2D eigenvalue weighted by Gasteiger charge is -2.45. The summed E-state index contributed by atoms with van der Waals surface area (Å²) in [5.41, 5.74) is -2.70. The molecule has 0 aromatic heterocycles. The maximum atomic E-state index is 12.0. The first-order valence-electron chi connectivity index (χ1n) is 6.88. The van der Waals surface area contributed by atoms with Crippen molar-refractivity contribution < 1.29 is 29.3 Å². The van der Waals surface area contributed by atoms with Gasteiger partial charge in [-0.3, -0.25) is 9.59 Å². The van der Waals surface area contributed by atoms with Gasteiger partial charge in [0.25, 0.3) is 0 Å². The van der Waals surface area contributed by atoms with E-state index in [0.717, 1.165) is 0 Å². The SMILES string of the molecule is O=C(O)C1(CC2CO2)C=CCCC1(CC1CO1)C(=O)O. The minimum Gasteiger partial charge on any atom is -0.481 e. The predicted molar refractivity (Wildman–Crippen MR) is 67.2 cm³/mol. The maximum Gasteiger partial charge on any atom is 0.314 e. The number of hydrogen-bond donors (Lipinski definition) is 2. The average molecular weight is 282 g/mol. The number of allylic oxidation sites excluding steroid dienone is 1. The summed E-state index contributed by atoms with van der Waals surface area (Å²) < 4.78 is 10.3. The van der Waals surface area contributed by atoms with E-state index in [0.29, 0.717) is 26.1 Å². The molecule has 6 nitrogen and oxygen atoms in total. The number of carboxylic acids is 2. The second-order valence-electron chi connectivity index (χ2n) is 5.92. The van der Waals surface area contributed by atoms with E-state index in [9.17, 15) is 19.8 Å². The molecule has 0 aromatic carbocycles. The Hall–Kier alpha value is -1.40. The summed E-state index contributed by atoms with van der Waals surface area (Å²) in [6, 6.07) is 0. The number of aliphatic carboxylic acids is 2. The zero-order valence-corrected chi connectivity index (χ0v) is 11.1. The highest BCUT2D eigenvalue weighted by atomic mass is 16.6. The van der Waals surface area contributed by atoms with Crippen molar-refractivity contribution in [2.75, 3.05) is 13.2 Å². The van der Waals surface area contributed by atoms with Crippen LogP contribution >= 0.6 is 0 Å². The van der Waals surface area contributed by atoms with Gasteiger partial charge in [-0.1, -0.05) is 12.2 Å². The van der Waals surface area contributed by atoms with Gasteiger partial charge in [0.2, 0.25) is 0 Å². The van der Waals surface area contributed by atoms with Gasteiger partial charge in [-0.05, 0) is 25.7 Å². The van der Waals surface area contributed by atoms with E-state index >= 15 is 0 Å². The third-order valence-electron chi connectivity index (χ3n) is 4.72. The molecule has 0 bridgehead atoms. The van der Waals surface area contributed by atoms with Gasteiger partial charge in [-0.2, -0.15) is 0 Å². The third-order valence-corrected chi connectivity index (χ3v) is 4.72. The Morgan fingerprint density at radius 2 is 1.70 bits per heavy atom. The van der Waals surface area contributed by atoms with E-state index in [4.69, 9.17) is 9.47 Å². The lowest BCUT2D eigenvalue weighted by molar-refractivity contribution is -0.173. The Morgan fingerprint density at radius 1 is 1.10 bits per heavy atom. The molecule has 2 fully saturated rings. The van der Waals surface area contributed by atoms with Crippen molar-refractivity contribution in [2.24, 2.45) is 10.8 Å². The first-order chi connectivity index (χ1) is 9.50. The molecule has 0 aromatic rings. The van der Waals surface area contributed by atoms with Crippen molar-refractivity contribution in [3.63, 3.8) is 0 Å². The highest BCUT2D eigenvalue weighted by Gasteiger charge is 2.63. The van der Waals surface area contributed by atoms with Gasteiger partial charge >= 0.3 is 11.9 Å². The van der Waals surface area contributed by atoms with Gasteiger partial charge in [0.05, 0.1) is 30.8 Å². The first kappa shape index (κ1) is 13.6. The van der Waals surface area contributed by atoms with Crippen LogP contribution in [0.25, 0.3) is 0 Å². The molecule has 2 N–H and O–H groups in total. The van der Waals surface area contributed by atoms with Crippen molar-refractivity contribution in [3.05, 3.63) is 12.2 Å². The lowest BCUT2D eigenvalue weighted by Crippen LogP contribution is -2.54. The third kappa shape index (κ3) is 2.03. The quantitative estimate of drug-likeness (QED) is 0.558. The molecule has 20 heavy (non-hydrogen) atoms. The predicted octanol–water partition coefficient (Wildman–Crippen LogP) is 1.06. The first-order valence-corrected chi connectivity index (χ1v) is 6.88. The zero-order chi connectivity index (χ0) is 14.4. The zero-order valence-electron chi connectivity index (χ0n) is 11.1. The van der Waals surface area contributed by atoms with Gasteiger partial charge < -0.3 is 19.7 Å². The molecule has 2 aliphatic heterocycles. The minimum absolute atomic E-state index is 0.128. The summed E-state index contributed by atoms with van der Waals surface area (Å²) in [7, 11) is 0. The monoisotopic (exact) mass is 282 g/mol. The topological polar surface area (TPSA) is 99.7 Å². The van der Waals surface area contributed by atoms with E-state index in [2.05, 4.69) is 0 Å². The van der Waals surface area contributed by atoms with Gasteiger partial charge in [0.15, 0.2) is 0 Å². The summed E-state index contributed by atoms with van der Waals surface area (Å²) in [4.78, 5) is 23.9. The summed E-state index contributed by atoms with van der Waals surface area (Å²) >= 11 is 0. The number of rotatable bonds is 6. The number of carbonyl (C=O) groups is 2. The van der Waals surface area contributed by atoms with Crippen LogP contribution in [0.5, 0.6) is 0 Å². The van der Waals surface area contributed by atoms with E-state index in [1.807, 2.05) is 0 Å². The molecule has 0 spiro atoms. The second kappa shape index (κ2) is 4.56. The molecule has 3 aliphatic rings. The number of carboxylic acid groups (broad SMARTS) is 2. The molecule has 2 heterocycles. The molecule has 4 unspecified atom stereocenters. The van der Waals surface area contributed by atoms with E-state index in [1.54, 1.807) is 12.2 Å². The molecule has 2 saturated heterocycles. The molecule has 0 amide bonds. The number of hydrogen-bond acceptors (Lipinski definition) is 4. The van der Waals surface area contributed by atoms with E-state index < -0.39 is 22.8 Å². The average Bonchev–Trinajstić information content (AvgIpc) is 3.26. The Kier molecular flexibility index (Phi) is 3.10. The van der Waals surface area contributed by atoms with Crippen LogP contribution in [0, 0.1) is 10.8 Å². The summed E-state index contributed by atoms with van der Waals surface area (Å²) in [6.45, 7) is 1.03. The minimum atomic E-state index is -1.40. The largest absolute Gasteiger partial charge is 0.481 e. The van der Waals surface area contributed by atoms with Crippen LogP contribution < -0.4 is 0 Å². The van der Waals surface area contributed by atoms with Crippen molar-refractivity contribution >= 4 is 11.9 Å². The molecule has 6 heteroatoms. The molecule has 4 atom stereocenters. The molecule has 110 valence electrons. The van der Waals surface area contributed by atoms with Crippen molar-refractivity contribution in [3.8, 4) is 0 Å². The highest BCUT2D eigenvalue weighted by Crippen LogP contribution is 2.56. The maximum absolute atomic E-state index is 12.0. The Morgan fingerprint density at radius 3 is 2.20 bits per heavy atom. The molecule has 3 rings (SSSR count). The van der Waals surface area contributed by atoms with Crippen LogP contribution in [0.1, 0.15) is 25.7 Å². The van der Waals surface area contributed by atoms with E-state index in [1.165, 1.54) is 0 Å². The molecule has 0 radical (unpaired) electrons. The van der Waals surface area contributed by atoms with Crippen LogP contribution in [0.4, 0.5) is 0 Å². The second-order valence-corrected chi connectivity index (χ2v) is 5.92. The van der Waals surface area contributed by atoms with Crippen LogP contribution in [0.15, 0.2) is 12.2 Å². The fraction of sp³-hybridized carbons (Fsp3) is 0.714. The smallest absolute Gasteiger partial charge is 0.314 e. The van der Waals surface area contributed by atoms with Gasteiger partial charge in [-0.15, -0.1) is 0 Å². The van der Waals surface area contributed by atoms with Crippen LogP contribution in [0.3, 0.4) is 0 Å². The number of epoxide rings is 2. The summed E-state index contributed by atoms with van der Waals surface area (Å²) in [6.07, 6.45) is 4.48. The Labute approximate surface area is 116 Å². The van der Waals surface area contributed by atoms with Gasteiger partial charge in [-0.25, -0.2) is 0 Å². The van der Waals surface area contributed by atoms with Crippen molar-refractivity contribution in [1.82, 2.24) is 0 Å². The summed E-state index contributed by atoms with van der Waals surface area (Å²) in [5, 5.41) is 19.6. The van der Waals surface area contributed by atoms with Crippen molar-refractivity contribution in [2.45, 2.75) is 37.9 Å². The fourth-order valence-corrected chi connectivity index (χ4v) is 3.41. The molecular weight excluding hydrogens is 264 g/mol. The molecule has 1 aliphatic carbocycles. The van der Waals surface area contributed by atoms with Crippen LogP contribution in [0.2, 0.25) is 0 Å². The summed E-state index contributed by atoms with van der Waals surface area (Å²) in [5.74, 6) is -2.12. The Balaban J connectivity index is 2.03.